The Kier molecular flexibility index (Phi) is 13.3. The molecule has 140 valence electrons. The molecule has 2 rings (SSSR count). The lowest BCUT2D eigenvalue weighted by Crippen LogP contribution is -2.21. The molecule has 0 amide bonds. The smallest absolute Gasteiger partial charge is 0.119 e. The number of aryl methyl sites for hydroxylation is 1. The standard InChI is InChI=1S/C20H28N2O.2ClH/c1-3-21-13-4-14-22-15-18-9-11-20(12-10-18)23-16-19-7-5-17(2)6-8-19;;/h5-12,21-22H,3-4,13-16H2,1-2H3;2*1H. The van der Waals surface area contributed by atoms with E-state index in [0.717, 1.165) is 38.3 Å². The molecule has 25 heavy (non-hydrogen) atoms. The predicted octanol–water partition coefficient (Wildman–Crippen LogP) is 4.51. The molecule has 0 aliphatic rings. The molecule has 2 aromatic carbocycles. The van der Waals surface area contributed by atoms with Crippen LogP contribution in [-0.4, -0.2) is 19.6 Å². The average molecular weight is 385 g/mol. The summed E-state index contributed by atoms with van der Waals surface area (Å²) in [6.45, 7) is 8.91. The maximum absolute atomic E-state index is 5.83. The Hall–Kier alpha value is -1.26. The zero-order valence-corrected chi connectivity index (χ0v) is 16.7. The van der Waals surface area contributed by atoms with E-state index in [0.29, 0.717) is 6.61 Å². The Morgan fingerprint density at radius 1 is 0.800 bits per heavy atom. The first-order valence-electron chi connectivity index (χ1n) is 8.46. The van der Waals surface area contributed by atoms with Crippen molar-refractivity contribution in [2.24, 2.45) is 0 Å². The summed E-state index contributed by atoms with van der Waals surface area (Å²) in [6, 6.07) is 16.8. The van der Waals surface area contributed by atoms with Crippen LogP contribution in [0.3, 0.4) is 0 Å². The highest BCUT2D eigenvalue weighted by Gasteiger charge is 1.98. The molecule has 0 saturated carbocycles. The second kappa shape index (κ2) is 14.0. The highest BCUT2D eigenvalue weighted by atomic mass is 35.5. The first-order valence-corrected chi connectivity index (χ1v) is 8.46. The first kappa shape index (κ1) is 23.7. The number of benzene rings is 2. The molecule has 0 bridgehead atoms. The van der Waals surface area contributed by atoms with Crippen molar-refractivity contribution in [1.29, 1.82) is 0 Å². The van der Waals surface area contributed by atoms with E-state index < -0.39 is 0 Å². The van der Waals surface area contributed by atoms with Gasteiger partial charge < -0.3 is 15.4 Å². The third kappa shape index (κ3) is 9.71. The van der Waals surface area contributed by atoms with E-state index in [9.17, 15) is 0 Å². The summed E-state index contributed by atoms with van der Waals surface area (Å²) in [5, 5.41) is 6.79. The van der Waals surface area contributed by atoms with E-state index in [1.165, 1.54) is 16.7 Å². The molecule has 0 heterocycles. The number of halogens is 2. The lowest BCUT2D eigenvalue weighted by molar-refractivity contribution is 0.306. The van der Waals surface area contributed by atoms with Crippen molar-refractivity contribution < 1.29 is 4.74 Å². The lowest BCUT2D eigenvalue weighted by atomic mass is 10.2. The van der Waals surface area contributed by atoms with Crippen molar-refractivity contribution in [2.75, 3.05) is 19.6 Å². The van der Waals surface area contributed by atoms with Gasteiger partial charge in [0.15, 0.2) is 0 Å². The quantitative estimate of drug-likeness (QED) is 0.591. The lowest BCUT2D eigenvalue weighted by Gasteiger charge is -2.09. The molecule has 5 heteroatoms. The van der Waals surface area contributed by atoms with Crippen LogP contribution in [0.1, 0.15) is 30.0 Å². The maximum Gasteiger partial charge on any atom is 0.119 e. The summed E-state index contributed by atoms with van der Waals surface area (Å²) in [4.78, 5) is 0. The van der Waals surface area contributed by atoms with Crippen LogP contribution >= 0.6 is 24.8 Å². The molecule has 0 unspecified atom stereocenters. The van der Waals surface area contributed by atoms with Gasteiger partial charge >= 0.3 is 0 Å². The Bertz CT molecular complexity index is 559. The summed E-state index contributed by atoms with van der Waals surface area (Å²) in [5.41, 5.74) is 3.76. The zero-order chi connectivity index (χ0) is 16.3. The predicted molar refractivity (Wildman–Crippen MR) is 111 cm³/mol. The molecule has 0 saturated heterocycles. The van der Waals surface area contributed by atoms with Gasteiger partial charge in [0.2, 0.25) is 0 Å². The summed E-state index contributed by atoms with van der Waals surface area (Å²) in [7, 11) is 0. The Labute approximate surface area is 164 Å². The number of ether oxygens (including phenoxy) is 1. The second-order valence-corrected chi connectivity index (χ2v) is 5.80. The fourth-order valence-corrected chi connectivity index (χ4v) is 2.30. The van der Waals surface area contributed by atoms with E-state index >= 15 is 0 Å². The van der Waals surface area contributed by atoms with Crippen molar-refractivity contribution in [3.8, 4) is 5.75 Å². The summed E-state index contributed by atoms with van der Waals surface area (Å²) in [5.74, 6) is 0.918. The normalized spacial score (nSPS) is 9.84. The monoisotopic (exact) mass is 384 g/mol. The average Bonchev–Trinajstić information content (AvgIpc) is 2.58. The van der Waals surface area contributed by atoms with Crippen LogP contribution < -0.4 is 15.4 Å². The van der Waals surface area contributed by atoms with Crippen LogP contribution in [0.2, 0.25) is 0 Å². The maximum atomic E-state index is 5.83. The fraction of sp³-hybridized carbons (Fsp3) is 0.400. The molecular formula is C20H30Cl2N2O. The topological polar surface area (TPSA) is 33.3 Å². The zero-order valence-electron chi connectivity index (χ0n) is 15.1. The molecule has 0 aliphatic heterocycles. The van der Waals surface area contributed by atoms with Crippen molar-refractivity contribution >= 4 is 24.8 Å². The van der Waals surface area contributed by atoms with E-state index in [-0.39, 0.29) is 24.8 Å². The van der Waals surface area contributed by atoms with Crippen LogP contribution in [-0.2, 0) is 13.2 Å². The van der Waals surface area contributed by atoms with E-state index in [1.54, 1.807) is 0 Å². The van der Waals surface area contributed by atoms with Crippen molar-refractivity contribution in [1.82, 2.24) is 10.6 Å². The highest BCUT2D eigenvalue weighted by molar-refractivity contribution is 5.85. The fourth-order valence-electron chi connectivity index (χ4n) is 2.30. The van der Waals surface area contributed by atoms with Gasteiger partial charge in [0.1, 0.15) is 12.4 Å². The molecule has 0 spiro atoms. The van der Waals surface area contributed by atoms with Crippen molar-refractivity contribution in [3.63, 3.8) is 0 Å². The Morgan fingerprint density at radius 3 is 2.04 bits per heavy atom. The van der Waals surface area contributed by atoms with E-state index in [1.807, 2.05) is 12.1 Å². The number of nitrogens with one attached hydrogen (secondary N) is 2. The van der Waals surface area contributed by atoms with Crippen LogP contribution in [0, 0.1) is 6.92 Å². The second-order valence-electron chi connectivity index (χ2n) is 5.80. The SMILES string of the molecule is CCNCCCNCc1ccc(OCc2ccc(C)cc2)cc1.Cl.Cl. The third-order valence-corrected chi connectivity index (χ3v) is 3.74. The molecule has 0 radical (unpaired) electrons. The minimum absolute atomic E-state index is 0. The van der Waals surface area contributed by atoms with Crippen molar-refractivity contribution in [2.45, 2.75) is 33.4 Å². The van der Waals surface area contributed by atoms with Gasteiger partial charge in [0.25, 0.3) is 0 Å². The Morgan fingerprint density at radius 2 is 1.40 bits per heavy atom. The summed E-state index contributed by atoms with van der Waals surface area (Å²) < 4.78 is 5.83. The van der Waals surface area contributed by atoms with Gasteiger partial charge in [-0.3, -0.25) is 0 Å². The molecule has 0 atom stereocenters. The van der Waals surface area contributed by atoms with Gasteiger partial charge in [0, 0.05) is 6.54 Å². The molecule has 0 aliphatic carbocycles. The van der Waals surface area contributed by atoms with Crippen LogP contribution in [0.15, 0.2) is 48.5 Å². The molecule has 0 fully saturated rings. The number of hydrogen-bond acceptors (Lipinski definition) is 3. The van der Waals surface area contributed by atoms with Gasteiger partial charge in [-0.15, -0.1) is 24.8 Å². The van der Waals surface area contributed by atoms with Crippen LogP contribution in [0.4, 0.5) is 0 Å². The Balaban J connectivity index is 0.00000288. The third-order valence-electron chi connectivity index (χ3n) is 3.74. The first-order chi connectivity index (χ1) is 11.3. The molecule has 2 aromatic rings. The van der Waals surface area contributed by atoms with Gasteiger partial charge in [-0.1, -0.05) is 48.9 Å². The van der Waals surface area contributed by atoms with Gasteiger partial charge in [-0.25, -0.2) is 0 Å². The van der Waals surface area contributed by atoms with Gasteiger partial charge in [0.05, 0.1) is 0 Å². The number of rotatable bonds is 10. The van der Waals surface area contributed by atoms with Gasteiger partial charge in [-0.05, 0) is 56.2 Å². The van der Waals surface area contributed by atoms with E-state index in [2.05, 4.69) is 60.9 Å². The van der Waals surface area contributed by atoms with Crippen LogP contribution in [0.25, 0.3) is 0 Å². The molecule has 2 N–H and O–H groups in total. The number of hydrogen-bond donors (Lipinski definition) is 2. The van der Waals surface area contributed by atoms with E-state index in [4.69, 9.17) is 4.74 Å². The largest absolute Gasteiger partial charge is 0.489 e. The minimum Gasteiger partial charge on any atom is -0.489 e. The highest BCUT2D eigenvalue weighted by Crippen LogP contribution is 2.14. The van der Waals surface area contributed by atoms with Crippen molar-refractivity contribution in [3.05, 3.63) is 65.2 Å². The molecule has 0 aromatic heterocycles. The molecule has 3 nitrogen and oxygen atoms in total. The van der Waals surface area contributed by atoms with Gasteiger partial charge in [-0.2, -0.15) is 0 Å². The molecular weight excluding hydrogens is 355 g/mol. The van der Waals surface area contributed by atoms with Crippen LogP contribution in [0.5, 0.6) is 5.75 Å². The minimum atomic E-state index is 0. The summed E-state index contributed by atoms with van der Waals surface area (Å²) >= 11 is 0. The summed E-state index contributed by atoms with van der Waals surface area (Å²) in [6.07, 6.45) is 1.16.